The third-order valence-corrected chi connectivity index (χ3v) is 4.34. The van der Waals surface area contributed by atoms with E-state index in [9.17, 15) is 13.2 Å². The Kier molecular flexibility index (Phi) is 7.16. The van der Waals surface area contributed by atoms with Crippen LogP contribution in [0.2, 0.25) is 0 Å². The number of sulfone groups is 1. The summed E-state index contributed by atoms with van der Waals surface area (Å²) < 4.78 is 28.2. The van der Waals surface area contributed by atoms with E-state index in [4.69, 9.17) is 4.74 Å². The predicted molar refractivity (Wildman–Crippen MR) is 98.0 cm³/mol. The van der Waals surface area contributed by atoms with Crippen LogP contribution < -0.4 is 5.32 Å². The lowest BCUT2D eigenvalue weighted by atomic mass is 10.1. The molecule has 0 fully saturated rings. The van der Waals surface area contributed by atoms with Gasteiger partial charge >= 0.3 is 0 Å². The second-order valence-electron chi connectivity index (χ2n) is 5.92. The number of rotatable bonds is 9. The van der Waals surface area contributed by atoms with Crippen LogP contribution in [-0.2, 0) is 26.9 Å². The van der Waals surface area contributed by atoms with E-state index < -0.39 is 9.84 Å². The maximum absolute atomic E-state index is 12.1. The molecule has 0 unspecified atom stereocenters. The molecule has 0 aliphatic carbocycles. The van der Waals surface area contributed by atoms with Gasteiger partial charge in [-0.05, 0) is 29.7 Å². The molecule has 1 amide bonds. The topological polar surface area (TPSA) is 72.5 Å². The van der Waals surface area contributed by atoms with Gasteiger partial charge in [0.1, 0.15) is 0 Å². The molecular weight excluding hydrogens is 338 g/mol. The first-order valence-corrected chi connectivity index (χ1v) is 10.2. The number of benzene rings is 2. The van der Waals surface area contributed by atoms with Crippen molar-refractivity contribution in [2.75, 3.05) is 19.4 Å². The first kappa shape index (κ1) is 19.1. The van der Waals surface area contributed by atoms with Gasteiger partial charge < -0.3 is 10.1 Å². The molecular formula is C19H23NO4S. The summed E-state index contributed by atoms with van der Waals surface area (Å²) in [6, 6.07) is 16.6. The fourth-order valence-electron chi connectivity index (χ4n) is 2.35. The molecule has 2 aromatic rings. The number of ether oxygens (including phenoxy) is 1. The van der Waals surface area contributed by atoms with Gasteiger partial charge in [-0.2, -0.15) is 0 Å². The molecule has 0 aromatic heterocycles. The van der Waals surface area contributed by atoms with Gasteiger partial charge in [0.2, 0.25) is 0 Å². The van der Waals surface area contributed by atoms with Crippen LogP contribution in [0.15, 0.2) is 54.6 Å². The largest absolute Gasteiger partial charge is 0.377 e. The smallest absolute Gasteiger partial charge is 0.251 e. The molecule has 0 radical (unpaired) electrons. The van der Waals surface area contributed by atoms with Crippen molar-refractivity contribution in [3.8, 4) is 0 Å². The molecule has 0 aliphatic rings. The number of hydrogen-bond donors (Lipinski definition) is 1. The van der Waals surface area contributed by atoms with Gasteiger partial charge in [0, 0.05) is 25.0 Å². The average molecular weight is 361 g/mol. The third-order valence-electron chi connectivity index (χ3n) is 3.48. The van der Waals surface area contributed by atoms with Gasteiger partial charge in [0.15, 0.2) is 9.84 Å². The van der Waals surface area contributed by atoms with E-state index in [1.807, 2.05) is 30.3 Å². The second kappa shape index (κ2) is 9.34. The molecule has 134 valence electrons. The molecule has 0 atom stereocenters. The molecule has 0 heterocycles. The van der Waals surface area contributed by atoms with E-state index in [1.165, 1.54) is 6.26 Å². The highest BCUT2D eigenvalue weighted by Crippen LogP contribution is 2.09. The minimum absolute atomic E-state index is 0.0680. The van der Waals surface area contributed by atoms with Gasteiger partial charge in [-0.25, -0.2) is 8.42 Å². The van der Waals surface area contributed by atoms with Gasteiger partial charge in [-0.1, -0.05) is 42.5 Å². The van der Waals surface area contributed by atoms with Crippen molar-refractivity contribution in [1.82, 2.24) is 5.32 Å². The Labute approximate surface area is 148 Å². The van der Waals surface area contributed by atoms with Crippen molar-refractivity contribution < 1.29 is 17.9 Å². The van der Waals surface area contributed by atoms with Crippen LogP contribution in [0.4, 0.5) is 0 Å². The van der Waals surface area contributed by atoms with Crippen LogP contribution in [0, 0.1) is 0 Å². The lowest BCUT2D eigenvalue weighted by Gasteiger charge is -2.08. The Morgan fingerprint density at radius 1 is 1.04 bits per heavy atom. The quantitative estimate of drug-likeness (QED) is 0.697. The van der Waals surface area contributed by atoms with Crippen molar-refractivity contribution in [2.24, 2.45) is 0 Å². The van der Waals surface area contributed by atoms with Crippen molar-refractivity contribution in [3.05, 3.63) is 71.3 Å². The van der Waals surface area contributed by atoms with Crippen LogP contribution >= 0.6 is 0 Å². The molecule has 0 saturated heterocycles. The first-order chi connectivity index (χ1) is 11.9. The lowest BCUT2D eigenvalue weighted by molar-refractivity contribution is 0.0934. The minimum atomic E-state index is -3.12. The molecule has 25 heavy (non-hydrogen) atoms. The van der Waals surface area contributed by atoms with Gasteiger partial charge in [-0.15, -0.1) is 0 Å². The maximum atomic E-state index is 12.1. The Balaban J connectivity index is 1.70. The predicted octanol–water partition coefficient (Wildman–Crippen LogP) is 2.57. The summed E-state index contributed by atoms with van der Waals surface area (Å²) in [6.07, 6.45) is 1.89. The van der Waals surface area contributed by atoms with E-state index >= 15 is 0 Å². The highest BCUT2D eigenvalue weighted by molar-refractivity contribution is 7.89. The zero-order chi connectivity index (χ0) is 18.1. The molecule has 2 aromatic carbocycles. The molecule has 1 N–H and O–H groups in total. The average Bonchev–Trinajstić information content (AvgIpc) is 2.57. The van der Waals surface area contributed by atoms with Gasteiger partial charge in [0.25, 0.3) is 5.91 Å². The Morgan fingerprint density at radius 3 is 2.48 bits per heavy atom. The summed E-state index contributed by atoms with van der Waals surface area (Å²) in [4.78, 5) is 12.1. The van der Waals surface area contributed by atoms with Crippen LogP contribution in [0.1, 0.15) is 27.9 Å². The van der Waals surface area contributed by atoms with Crippen LogP contribution in [0.5, 0.6) is 0 Å². The maximum Gasteiger partial charge on any atom is 0.251 e. The summed E-state index contributed by atoms with van der Waals surface area (Å²) in [5.74, 6) is -0.278. The summed E-state index contributed by atoms with van der Waals surface area (Å²) >= 11 is 0. The SMILES string of the molecule is CS(=O)(=O)Cc1cccc(C(=O)NCCCOCc2ccccc2)c1. The molecule has 0 bridgehead atoms. The van der Waals surface area contributed by atoms with E-state index in [1.54, 1.807) is 24.3 Å². The van der Waals surface area contributed by atoms with E-state index in [0.29, 0.717) is 37.3 Å². The Bertz CT molecular complexity index is 788. The monoisotopic (exact) mass is 361 g/mol. The second-order valence-corrected chi connectivity index (χ2v) is 8.06. The van der Waals surface area contributed by atoms with Gasteiger partial charge in [0.05, 0.1) is 12.4 Å². The highest BCUT2D eigenvalue weighted by atomic mass is 32.2. The number of carbonyl (C=O) groups excluding carboxylic acids is 1. The Morgan fingerprint density at radius 2 is 1.76 bits per heavy atom. The number of nitrogens with one attached hydrogen (secondary N) is 1. The molecule has 5 nitrogen and oxygen atoms in total. The van der Waals surface area contributed by atoms with Crippen molar-refractivity contribution >= 4 is 15.7 Å². The van der Waals surface area contributed by atoms with Crippen LogP contribution in [0.25, 0.3) is 0 Å². The molecule has 0 saturated carbocycles. The minimum Gasteiger partial charge on any atom is -0.377 e. The Hall–Kier alpha value is -2.18. The van der Waals surface area contributed by atoms with Crippen molar-refractivity contribution in [3.63, 3.8) is 0 Å². The van der Waals surface area contributed by atoms with E-state index in [-0.39, 0.29) is 11.7 Å². The van der Waals surface area contributed by atoms with E-state index in [2.05, 4.69) is 5.32 Å². The fraction of sp³-hybridized carbons (Fsp3) is 0.316. The molecule has 0 aliphatic heterocycles. The first-order valence-electron chi connectivity index (χ1n) is 8.10. The lowest BCUT2D eigenvalue weighted by Crippen LogP contribution is -2.25. The third kappa shape index (κ3) is 7.49. The normalized spacial score (nSPS) is 11.2. The summed E-state index contributed by atoms with van der Waals surface area (Å²) in [5, 5.41) is 2.82. The van der Waals surface area contributed by atoms with Crippen LogP contribution in [-0.4, -0.2) is 33.7 Å². The zero-order valence-corrected chi connectivity index (χ0v) is 15.1. The van der Waals surface area contributed by atoms with Crippen LogP contribution in [0.3, 0.4) is 0 Å². The standard InChI is InChI=1S/C19H23NO4S/c1-25(22,23)15-17-9-5-10-18(13-17)19(21)20-11-6-12-24-14-16-7-3-2-4-8-16/h2-5,7-10,13H,6,11-12,14-15H2,1H3,(H,20,21). The summed E-state index contributed by atoms with van der Waals surface area (Å²) in [5.41, 5.74) is 2.20. The van der Waals surface area contributed by atoms with Crippen molar-refractivity contribution in [1.29, 1.82) is 0 Å². The molecule has 6 heteroatoms. The van der Waals surface area contributed by atoms with E-state index in [0.717, 1.165) is 5.56 Å². The fourth-order valence-corrected chi connectivity index (χ4v) is 3.13. The van der Waals surface area contributed by atoms with Crippen molar-refractivity contribution in [2.45, 2.75) is 18.8 Å². The number of amides is 1. The summed E-state index contributed by atoms with van der Waals surface area (Å²) in [7, 11) is -3.12. The molecule has 2 rings (SSSR count). The molecule has 0 spiro atoms. The van der Waals surface area contributed by atoms with Gasteiger partial charge in [-0.3, -0.25) is 4.79 Å². The highest BCUT2D eigenvalue weighted by Gasteiger charge is 2.09. The number of hydrogen-bond acceptors (Lipinski definition) is 4. The number of carbonyl (C=O) groups is 1. The summed E-state index contributed by atoms with van der Waals surface area (Å²) in [6.45, 7) is 1.62. The zero-order valence-electron chi connectivity index (χ0n) is 14.3.